The first kappa shape index (κ1) is 32.2. The van der Waals surface area contributed by atoms with Gasteiger partial charge in [0, 0.05) is 44.3 Å². The lowest BCUT2D eigenvalue weighted by Crippen LogP contribution is -2.35. The zero-order valence-electron chi connectivity index (χ0n) is 25.6. The van der Waals surface area contributed by atoms with Gasteiger partial charge in [-0.3, -0.25) is 14.5 Å². The number of hydrogen-bond acceptors (Lipinski definition) is 7. The van der Waals surface area contributed by atoms with Crippen LogP contribution in [-0.2, 0) is 27.2 Å². The van der Waals surface area contributed by atoms with E-state index in [2.05, 4.69) is 5.32 Å². The molecule has 11 heteroatoms. The summed E-state index contributed by atoms with van der Waals surface area (Å²) in [6.07, 6.45) is 1.75. The van der Waals surface area contributed by atoms with Crippen molar-refractivity contribution in [1.29, 1.82) is 0 Å². The number of nitrogens with zero attached hydrogens (tertiary/aromatic N) is 1. The van der Waals surface area contributed by atoms with Crippen LogP contribution in [0.25, 0.3) is 0 Å². The van der Waals surface area contributed by atoms with Gasteiger partial charge in [-0.15, -0.1) is 0 Å². The fourth-order valence-electron chi connectivity index (χ4n) is 6.29. The average molecular weight is 625 g/mol. The Bertz CT molecular complexity index is 1510. The molecule has 0 saturated carbocycles. The Morgan fingerprint density at radius 1 is 1.00 bits per heavy atom. The summed E-state index contributed by atoms with van der Waals surface area (Å²) in [5.41, 5.74) is 3.04. The number of fused-ring (bicyclic) bond motifs is 1. The molecule has 0 spiro atoms. The number of halogens is 2. The van der Waals surface area contributed by atoms with Gasteiger partial charge in [0.1, 0.15) is 11.6 Å². The highest BCUT2D eigenvalue weighted by atomic mass is 19.1. The van der Waals surface area contributed by atoms with Crippen LogP contribution in [0.5, 0.6) is 17.2 Å². The van der Waals surface area contributed by atoms with E-state index in [0.717, 1.165) is 0 Å². The first-order chi connectivity index (χ1) is 21.7. The van der Waals surface area contributed by atoms with E-state index in [4.69, 9.17) is 18.9 Å². The van der Waals surface area contributed by atoms with E-state index in [1.54, 1.807) is 42.3 Å². The van der Waals surface area contributed by atoms with Gasteiger partial charge in [-0.25, -0.2) is 8.78 Å². The van der Waals surface area contributed by atoms with Crippen LogP contribution in [0.1, 0.15) is 54.5 Å². The number of aliphatic carboxylic acids is 1. The van der Waals surface area contributed by atoms with Crippen molar-refractivity contribution >= 4 is 17.6 Å². The minimum Gasteiger partial charge on any atom is -0.494 e. The molecule has 3 aromatic carbocycles. The van der Waals surface area contributed by atoms with Crippen molar-refractivity contribution < 1.29 is 42.4 Å². The van der Waals surface area contributed by atoms with Gasteiger partial charge in [0.2, 0.25) is 18.4 Å². The number of benzene rings is 3. The second-order valence-electron chi connectivity index (χ2n) is 11.2. The van der Waals surface area contributed by atoms with E-state index < -0.39 is 29.7 Å². The van der Waals surface area contributed by atoms with Crippen LogP contribution in [0, 0.1) is 17.6 Å². The number of carbonyl (C=O) groups is 2. The van der Waals surface area contributed by atoms with Gasteiger partial charge in [-0.1, -0.05) is 26.0 Å². The number of ether oxygens (including phenoxy) is 4. The molecule has 5 rings (SSSR count). The van der Waals surface area contributed by atoms with Crippen LogP contribution in [0.4, 0.5) is 14.5 Å². The SMILES string of the molecule is CCc1cc(F)cc(CC)c1NC(=O)CN1C[C@H](c2cc(F)c3c(c2)OCO3)C(C(=O)O)[C@@H]1c1ccc(OCCCOC)cc1. The van der Waals surface area contributed by atoms with Crippen molar-refractivity contribution in [2.75, 3.05) is 45.5 Å². The van der Waals surface area contributed by atoms with Crippen molar-refractivity contribution in [2.24, 2.45) is 5.92 Å². The largest absolute Gasteiger partial charge is 0.494 e. The summed E-state index contributed by atoms with van der Waals surface area (Å²) in [6.45, 7) is 4.69. The lowest BCUT2D eigenvalue weighted by atomic mass is 9.82. The molecule has 2 aliphatic rings. The predicted molar refractivity (Wildman–Crippen MR) is 163 cm³/mol. The summed E-state index contributed by atoms with van der Waals surface area (Å²) in [6, 6.07) is 12.1. The molecule has 0 radical (unpaired) electrons. The Morgan fingerprint density at radius 3 is 2.36 bits per heavy atom. The fourth-order valence-corrected chi connectivity index (χ4v) is 6.29. The zero-order valence-corrected chi connectivity index (χ0v) is 25.6. The van der Waals surface area contributed by atoms with Gasteiger partial charge in [0.15, 0.2) is 11.6 Å². The number of rotatable bonds is 13. The summed E-state index contributed by atoms with van der Waals surface area (Å²) in [5, 5.41) is 13.5. The van der Waals surface area contributed by atoms with Gasteiger partial charge in [-0.05, 0) is 71.5 Å². The summed E-state index contributed by atoms with van der Waals surface area (Å²) in [5.74, 6) is -3.30. The number of likely N-dealkylation sites (tertiary alicyclic amines) is 1. The molecule has 2 N–H and O–H groups in total. The molecule has 1 fully saturated rings. The number of hydrogen-bond donors (Lipinski definition) is 2. The zero-order chi connectivity index (χ0) is 32.1. The molecule has 0 aromatic heterocycles. The molecule has 2 aliphatic heterocycles. The van der Waals surface area contributed by atoms with E-state index in [1.807, 2.05) is 13.8 Å². The third-order valence-corrected chi connectivity index (χ3v) is 8.38. The van der Waals surface area contributed by atoms with E-state index in [1.165, 1.54) is 18.2 Å². The Labute approximate surface area is 261 Å². The Kier molecular flexibility index (Phi) is 10.2. The van der Waals surface area contributed by atoms with E-state index in [-0.39, 0.29) is 43.1 Å². The molecule has 1 unspecified atom stereocenters. The molecule has 0 bridgehead atoms. The molecule has 3 aromatic rings. The molecule has 1 saturated heterocycles. The highest BCUT2D eigenvalue weighted by Gasteiger charge is 2.48. The van der Waals surface area contributed by atoms with Crippen LogP contribution in [0.3, 0.4) is 0 Å². The van der Waals surface area contributed by atoms with E-state index in [0.29, 0.717) is 66.2 Å². The highest BCUT2D eigenvalue weighted by molar-refractivity contribution is 5.94. The molecule has 45 heavy (non-hydrogen) atoms. The van der Waals surface area contributed by atoms with Crippen LogP contribution < -0.4 is 19.5 Å². The maximum Gasteiger partial charge on any atom is 0.309 e. The number of anilines is 1. The summed E-state index contributed by atoms with van der Waals surface area (Å²) in [7, 11) is 1.62. The quantitative estimate of drug-likeness (QED) is 0.233. The number of aryl methyl sites for hydroxylation is 2. The first-order valence-corrected chi connectivity index (χ1v) is 15.1. The number of amides is 1. The topological polar surface area (TPSA) is 107 Å². The molecule has 9 nitrogen and oxygen atoms in total. The molecule has 0 aliphatic carbocycles. The van der Waals surface area contributed by atoms with Gasteiger partial charge < -0.3 is 29.4 Å². The Hall–Kier alpha value is -4.22. The molecule has 1 amide bonds. The normalized spacial score (nSPS) is 19.1. The Balaban J connectivity index is 1.47. The van der Waals surface area contributed by atoms with Gasteiger partial charge in [0.05, 0.1) is 19.1 Å². The number of methoxy groups -OCH3 is 1. The number of carbonyl (C=O) groups excluding carboxylic acids is 1. The Morgan fingerprint density at radius 2 is 1.71 bits per heavy atom. The second-order valence-corrected chi connectivity index (χ2v) is 11.2. The van der Waals surface area contributed by atoms with Gasteiger partial charge >= 0.3 is 5.97 Å². The number of carboxylic acid groups (broad SMARTS) is 1. The third-order valence-electron chi connectivity index (χ3n) is 8.38. The van der Waals surface area contributed by atoms with Crippen LogP contribution in [-0.4, -0.2) is 62.1 Å². The lowest BCUT2D eigenvalue weighted by molar-refractivity contribution is -0.143. The van der Waals surface area contributed by atoms with E-state index in [9.17, 15) is 23.5 Å². The molecular weight excluding hydrogens is 586 g/mol. The highest BCUT2D eigenvalue weighted by Crippen LogP contribution is 2.48. The lowest BCUT2D eigenvalue weighted by Gasteiger charge is -2.27. The van der Waals surface area contributed by atoms with E-state index >= 15 is 0 Å². The number of carboxylic acids is 1. The predicted octanol–water partition coefficient (Wildman–Crippen LogP) is 5.71. The van der Waals surface area contributed by atoms with Crippen molar-refractivity contribution in [2.45, 2.75) is 45.1 Å². The van der Waals surface area contributed by atoms with Gasteiger partial charge in [0.25, 0.3) is 0 Å². The summed E-state index contributed by atoms with van der Waals surface area (Å²) in [4.78, 5) is 28.3. The number of nitrogens with one attached hydrogen (secondary N) is 1. The van der Waals surface area contributed by atoms with Gasteiger partial charge in [-0.2, -0.15) is 0 Å². The summed E-state index contributed by atoms with van der Waals surface area (Å²) < 4.78 is 50.7. The molecule has 2 heterocycles. The van der Waals surface area contributed by atoms with Crippen LogP contribution >= 0.6 is 0 Å². The smallest absolute Gasteiger partial charge is 0.309 e. The van der Waals surface area contributed by atoms with Crippen molar-refractivity contribution in [3.63, 3.8) is 0 Å². The molecular formula is C34H38F2N2O7. The monoisotopic (exact) mass is 624 g/mol. The maximum atomic E-state index is 15.0. The molecule has 240 valence electrons. The fraction of sp³-hybridized carbons (Fsp3) is 0.412. The standard InChI is InChI=1S/C34H38F2N2O7/c1-4-20-13-24(35)14-21(5-2)31(20)37-29(39)18-38-17-26(23-15-27(36)33-28(16-23)44-19-45-33)30(34(40)41)32(38)22-7-9-25(10-8-22)43-12-6-11-42-3/h7-10,13-16,26,30,32H,4-6,11-12,17-19H2,1-3H3,(H,37,39)(H,40,41)/t26-,30?,32+/m1/s1. The molecule has 3 atom stereocenters. The minimum absolute atomic E-state index is 0.00440. The van der Waals surface area contributed by atoms with Crippen molar-refractivity contribution in [3.8, 4) is 17.2 Å². The average Bonchev–Trinajstić information content (AvgIpc) is 3.66. The third kappa shape index (κ3) is 7.04. The van der Waals surface area contributed by atoms with Crippen LogP contribution in [0.2, 0.25) is 0 Å². The van der Waals surface area contributed by atoms with Crippen molar-refractivity contribution in [1.82, 2.24) is 4.90 Å². The maximum absolute atomic E-state index is 15.0. The minimum atomic E-state index is -1.08. The first-order valence-electron chi connectivity index (χ1n) is 15.1. The van der Waals surface area contributed by atoms with Crippen LogP contribution in [0.15, 0.2) is 48.5 Å². The van der Waals surface area contributed by atoms with Crippen molar-refractivity contribution in [3.05, 3.63) is 82.4 Å². The second kappa shape index (κ2) is 14.3. The summed E-state index contributed by atoms with van der Waals surface area (Å²) >= 11 is 0.